The molecule has 0 bridgehead atoms. The third kappa shape index (κ3) is 4.28. The van der Waals surface area contributed by atoms with Crippen LogP contribution in [0.4, 0.5) is 4.79 Å². The lowest BCUT2D eigenvalue weighted by atomic mass is 10.1. The first-order chi connectivity index (χ1) is 7.43. The molecule has 0 aliphatic carbocycles. The minimum Gasteiger partial charge on any atom is -0.341 e. The molecule has 2 atom stereocenters. The number of imide groups is 1. The van der Waals surface area contributed by atoms with Gasteiger partial charge in [-0.1, -0.05) is 0 Å². The molecule has 0 radical (unpaired) electrons. The van der Waals surface area contributed by atoms with E-state index in [4.69, 9.17) is 5.26 Å². The van der Waals surface area contributed by atoms with Gasteiger partial charge in [0.2, 0.25) is 5.91 Å². The lowest BCUT2D eigenvalue weighted by Gasteiger charge is -2.28. The molecule has 0 saturated heterocycles. The summed E-state index contributed by atoms with van der Waals surface area (Å²) in [4.78, 5) is 24.2. The van der Waals surface area contributed by atoms with Gasteiger partial charge in [-0.2, -0.15) is 5.26 Å². The standard InChI is InChI=1S/C10H18N4O2/c1-7(5-6-11)14(4)8(2)9(15)13-10(16)12-3/h7-8H,5H2,1-4H3,(H2,12,13,15,16). The van der Waals surface area contributed by atoms with Gasteiger partial charge >= 0.3 is 6.03 Å². The van der Waals surface area contributed by atoms with Gasteiger partial charge < -0.3 is 5.32 Å². The maximum Gasteiger partial charge on any atom is 0.321 e. The summed E-state index contributed by atoms with van der Waals surface area (Å²) in [6.07, 6.45) is 0.341. The highest BCUT2D eigenvalue weighted by Gasteiger charge is 2.23. The maximum atomic E-state index is 11.6. The van der Waals surface area contributed by atoms with Crippen LogP contribution in [0.15, 0.2) is 0 Å². The zero-order valence-corrected chi connectivity index (χ0v) is 10.1. The van der Waals surface area contributed by atoms with E-state index in [0.717, 1.165) is 0 Å². The summed E-state index contributed by atoms with van der Waals surface area (Å²) < 4.78 is 0. The van der Waals surface area contributed by atoms with E-state index in [-0.39, 0.29) is 11.9 Å². The van der Waals surface area contributed by atoms with Crippen LogP contribution in [0, 0.1) is 11.3 Å². The summed E-state index contributed by atoms with van der Waals surface area (Å²) in [5.41, 5.74) is 0. The van der Waals surface area contributed by atoms with Crippen molar-refractivity contribution in [2.45, 2.75) is 32.4 Å². The Morgan fingerprint density at radius 1 is 1.44 bits per heavy atom. The average molecular weight is 226 g/mol. The van der Waals surface area contributed by atoms with Crippen LogP contribution in [0.1, 0.15) is 20.3 Å². The molecule has 0 heterocycles. The van der Waals surface area contributed by atoms with Crippen LogP contribution < -0.4 is 10.6 Å². The van der Waals surface area contributed by atoms with Crippen molar-refractivity contribution in [3.63, 3.8) is 0 Å². The molecule has 2 N–H and O–H groups in total. The molecule has 2 unspecified atom stereocenters. The van der Waals surface area contributed by atoms with Crippen LogP contribution in [-0.4, -0.2) is 43.0 Å². The van der Waals surface area contributed by atoms with Gasteiger partial charge in [0.05, 0.1) is 18.5 Å². The number of likely N-dealkylation sites (N-methyl/N-ethyl adjacent to an activating group) is 1. The number of rotatable bonds is 4. The molecule has 16 heavy (non-hydrogen) atoms. The molecule has 6 nitrogen and oxygen atoms in total. The number of hydrogen-bond acceptors (Lipinski definition) is 4. The van der Waals surface area contributed by atoms with E-state index >= 15 is 0 Å². The van der Waals surface area contributed by atoms with E-state index in [1.54, 1.807) is 18.9 Å². The number of carbonyl (C=O) groups excluding carboxylic acids is 2. The molecule has 0 saturated carbocycles. The van der Waals surface area contributed by atoms with Gasteiger partial charge in [0.1, 0.15) is 0 Å². The third-order valence-corrected chi connectivity index (χ3v) is 2.54. The minimum absolute atomic E-state index is 0.0320. The highest BCUT2D eigenvalue weighted by Crippen LogP contribution is 2.05. The average Bonchev–Trinajstić information content (AvgIpc) is 2.26. The first kappa shape index (κ1) is 14.4. The van der Waals surface area contributed by atoms with E-state index in [0.29, 0.717) is 6.42 Å². The van der Waals surface area contributed by atoms with Gasteiger partial charge in [0.25, 0.3) is 0 Å². The van der Waals surface area contributed by atoms with Crippen molar-refractivity contribution >= 4 is 11.9 Å². The predicted octanol–water partition coefficient (Wildman–Crippen LogP) is 0.0645. The molecule has 0 aliphatic rings. The second kappa shape index (κ2) is 6.80. The van der Waals surface area contributed by atoms with Gasteiger partial charge in [-0.15, -0.1) is 0 Å². The Kier molecular flexibility index (Phi) is 6.11. The first-order valence-electron chi connectivity index (χ1n) is 5.05. The zero-order chi connectivity index (χ0) is 12.7. The number of carbonyl (C=O) groups is 2. The number of nitriles is 1. The van der Waals surface area contributed by atoms with Gasteiger partial charge in [-0.25, -0.2) is 4.79 Å². The first-order valence-corrected chi connectivity index (χ1v) is 5.05. The Labute approximate surface area is 95.6 Å². The molecule has 0 aromatic heterocycles. The Bertz CT molecular complexity index is 298. The second-order valence-corrected chi connectivity index (χ2v) is 3.62. The van der Waals surface area contributed by atoms with Crippen molar-refractivity contribution in [1.29, 1.82) is 5.26 Å². The fourth-order valence-electron chi connectivity index (χ4n) is 1.12. The molecule has 0 aliphatic heterocycles. The van der Waals surface area contributed by atoms with Crippen molar-refractivity contribution < 1.29 is 9.59 Å². The molecular formula is C10H18N4O2. The van der Waals surface area contributed by atoms with Crippen LogP contribution in [-0.2, 0) is 4.79 Å². The summed E-state index contributed by atoms with van der Waals surface area (Å²) in [6, 6.07) is 1.02. The van der Waals surface area contributed by atoms with Gasteiger partial charge in [-0.3, -0.25) is 15.0 Å². The van der Waals surface area contributed by atoms with Crippen LogP contribution in [0.3, 0.4) is 0 Å². The second-order valence-electron chi connectivity index (χ2n) is 3.62. The normalized spacial score (nSPS) is 13.8. The molecule has 0 fully saturated rings. The summed E-state index contributed by atoms with van der Waals surface area (Å²) in [5.74, 6) is -0.383. The summed E-state index contributed by atoms with van der Waals surface area (Å²) in [7, 11) is 3.19. The molecular weight excluding hydrogens is 208 g/mol. The SMILES string of the molecule is CNC(=O)NC(=O)C(C)N(C)C(C)CC#N. The Hall–Kier alpha value is -1.61. The highest BCUT2D eigenvalue weighted by atomic mass is 16.2. The number of amides is 3. The summed E-state index contributed by atoms with van der Waals surface area (Å²) >= 11 is 0. The Balaban J connectivity index is 4.32. The monoisotopic (exact) mass is 226 g/mol. The number of urea groups is 1. The molecule has 0 aromatic rings. The van der Waals surface area contributed by atoms with E-state index in [9.17, 15) is 9.59 Å². The number of nitrogens with zero attached hydrogens (tertiary/aromatic N) is 2. The quantitative estimate of drug-likeness (QED) is 0.710. The molecule has 0 rings (SSSR count). The van der Waals surface area contributed by atoms with E-state index in [1.807, 2.05) is 13.0 Å². The van der Waals surface area contributed by atoms with Crippen molar-refractivity contribution in [3.8, 4) is 6.07 Å². The van der Waals surface area contributed by atoms with Crippen LogP contribution in [0.25, 0.3) is 0 Å². The third-order valence-electron chi connectivity index (χ3n) is 2.54. The lowest BCUT2D eigenvalue weighted by molar-refractivity contribution is -0.124. The Morgan fingerprint density at radius 3 is 2.44 bits per heavy atom. The number of hydrogen-bond donors (Lipinski definition) is 2. The van der Waals surface area contributed by atoms with Crippen LogP contribution in [0.5, 0.6) is 0 Å². The predicted molar refractivity (Wildman–Crippen MR) is 59.5 cm³/mol. The smallest absolute Gasteiger partial charge is 0.321 e. The molecule has 6 heteroatoms. The van der Waals surface area contributed by atoms with Crippen LogP contribution in [0.2, 0.25) is 0 Å². The lowest BCUT2D eigenvalue weighted by Crippen LogP contribution is -2.50. The van der Waals surface area contributed by atoms with Gasteiger partial charge in [-0.05, 0) is 20.9 Å². The van der Waals surface area contributed by atoms with Crippen molar-refractivity contribution in [1.82, 2.24) is 15.5 Å². The van der Waals surface area contributed by atoms with Gasteiger partial charge in [0.15, 0.2) is 0 Å². The maximum absolute atomic E-state index is 11.6. The fourth-order valence-corrected chi connectivity index (χ4v) is 1.12. The van der Waals surface area contributed by atoms with Crippen molar-refractivity contribution in [2.75, 3.05) is 14.1 Å². The topological polar surface area (TPSA) is 85.2 Å². The largest absolute Gasteiger partial charge is 0.341 e. The van der Waals surface area contributed by atoms with Crippen LogP contribution >= 0.6 is 0 Å². The van der Waals surface area contributed by atoms with E-state index in [1.165, 1.54) is 7.05 Å². The van der Waals surface area contributed by atoms with Crippen molar-refractivity contribution in [2.24, 2.45) is 0 Å². The van der Waals surface area contributed by atoms with Gasteiger partial charge in [0, 0.05) is 13.1 Å². The fraction of sp³-hybridized carbons (Fsp3) is 0.700. The summed E-state index contributed by atoms with van der Waals surface area (Å²) in [5, 5.41) is 13.0. The van der Waals surface area contributed by atoms with Crippen molar-refractivity contribution in [3.05, 3.63) is 0 Å². The van der Waals surface area contributed by atoms with E-state index < -0.39 is 12.1 Å². The molecule has 0 spiro atoms. The highest BCUT2D eigenvalue weighted by molar-refractivity contribution is 5.96. The molecule has 0 aromatic carbocycles. The molecule has 90 valence electrons. The Morgan fingerprint density at radius 2 is 2.00 bits per heavy atom. The molecule has 3 amide bonds. The summed E-state index contributed by atoms with van der Waals surface area (Å²) in [6.45, 7) is 3.54. The minimum atomic E-state index is -0.529. The zero-order valence-electron chi connectivity index (χ0n) is 10.1. The van der Waals surface area contributed by atoms with E-state index in [2.05, 4.69) is 10.6 Å². The number of nitrogens with one attached hydrogen (secondary N) is 2.